The summed E-state index contributed by atoms with van der Waals surface area (Å²) in [5.74, 6) is 3.10. The van der Waals surface area contributed by atoms with E-state index >= 15 is 0 Å². The number of para-hydroxylation sites is 1. The van der Waals surface area contributed by atoms with Gasteiger partial charge in [0, 0.05) is 18.3 Å². The van der Waals surface area contributed by atoms with Crippen LogP contribution in [0.25, 0.3) is 0 Å². The lowest BCUT2D eigenvalue weighted by Crippen LogP contribution is -2.22. The largest absolute Gasteiger partial charge is 0.457 e. The summed E-state index contributed by atoms with van der Waals surface area (Å²) >= 11 is 2.10. The molecule has 2 aromatic carbocycles. The topological polar surface area (TPSA) is 21.3 Å². The molecule has 2 nitrogen and oxygen atoms in total. The Bertz CT molecular complexity index is 552. The summed E-state index contributed by atoms with van der Waals surface area (Å²) in [6.45, 7) is 2.01. The Balaban J connectivity index is 1.53. The minimum atomic E-state index is 0.800. The zero-order chi connectivity index (χ0) is 14.3. The molecule has 0 radical (unpaired) electrons. The summed E-state index contributed by atoms with van der Waals surface area (Å²) in [6.07, 6.45) is 2.73. The van der Waals surface area contributed by atoms with Gasteiger partial charge in [-0.25, -0.2) is 0 Å². The molecule has 0 saturated carbocycles. The van der Waals surface area contributed by atoms with Gasteiger partial charge >= 0.3 is 0 Å². The second kappa shape index (κ2) is 7.53. The molecule has 1 N–H and O–H groups in total. The van der Waals surface area contributed by atoms with Gasteiger partial charge < -0.3 is 10.1 Å². The van der Waals surface area contributed by atoms with Crippen molar-refractivity contribution in [2.75, 3.05) is 12.3 Å². The van der Waals surface area contributed by atoms with Crippen molar-refractivity contribution in [1.82, 2.24) is 5.32 Å². The SMILES string of the molecule is c1ccc(Oc2cccc(CNCC3CCCS3)c2)cc1. The van der Waals surface area contributed by atoms with Crippen LogP contribution < -0.4 is 10.1 Å². The van der Waals surface area contributed by atoms with Gasteiger partial charge in [-0.3, -0.25) is 0 Å². The van der Waals surface area contributed by atoms with Crippen LogP contribution in [0.1, 0.15) is 18.4 Å². The number of thioether (sulfide) groups is 1. The van der Waals surface area contributed by atoms with Gasteiger partial charge in [0.25, 0.3) is 0 Å². The van der Waals surface area contributed by atoms with E-state index in [0.29, 0.717) is 0 Å². The van der Waals surface area contributed by atoms with Crippen LogP contribution >= 0.6 is 11.8 Å². The molecule has 0 bridgehead atoms. The van der Waals surface area contributed by atoms with Crippen molar-refractivity contribution < 1.29 is 4.74 Å². The lowest BCUT2D eigenvalue weighted by molar-refractivity contribution is 0.481. The highest BCUT2D eigenvalue weighted by Gasteiger charge is 2.14. The van der Waals surface area contributed by atoms with Crippen molar-refractivity contribution in [3.05, 3.63) is 60.2 Å². The molecule has 3 rings (SSSR count). The predicted molar refractivity (Wildman–Crippen MR) is 90.1 cm³/mol. The molecule has 0 amide bonds. The molecule has 0 spiro atoms. The van der Waals surface area contributed by atoms with E-state index in [1.807, 2.05) is 36.4 Å². The van der Waals surface area contributed by atoms with E-state index in [0.717, 1.165) is 29.8 Å². The number of benzene rings is 2. The molecular weight excluding hydrogens is 278 g/mol. The average molecular weight is 299 g/mol. The van der Waals surface area contributed by atoms with Crippen molar-refractivity contribution in [3.63, 3.8) is 0 Å². The number of ether oxygens (including phenoxy) is 1. The molecule has 2 aromatic rings. The van der Waals surface area contributed by atoms with Crippen LogP contribution in [-0.4, -0.2) is 17.5 Å². The smallest absolute Gasteiger partial charge is 0.127 e. The molecule has 3 heteroatoms. The van der Waals surface area contributed by atoms with Gasteiger partial charge in [-0.1, -0.05) is 30.3 Å². The van der Waals surface area contributed by atoms with Crippen molar-refractivity contribution in [2.24, 2.45) is 0 Å². The Morgan fingerprint density at radius 1 is 1.05 bits per heavy atom. The lowest BCUT2D eigenvalue weighted by Gasteiger charge is -2.11. The lowest BCUT2D eigenvalue weighted by atomic mass is 10.2. The van der Waals surface area contributed by atoms with E-state index < -0.39 is 0 Å². The van der Waals surface area contributed by atoms with E-state index in [-0.39, 0.29) is 0 Å². The highest BCUT2D eigenvalue weighted by Crippen LogP contribution is 2.25. The summed E-state index contributed by atoms with van der Waals surface area (Å²) < 4.78 is 5.87. The van der Waals surface area contributed by atoms with Crippen LogP contribution in [0.3, 0.4) is 0 Å². The third-order valence-electron chi connectivity index (χ3n) is 3.60. The summed E-state index contributed by atoms with van der Waals surface area (Å²) in [5.41, 5.74) is 1.27. The highest BCUT2D eigenvalue weighted by atomic mass is 32.2. The molecule has 1 fully saturated rings. The number of hydrogen-bond acceptors (Lipinski definition) is 3. The van der Waals surface area contributed by atoms with E-state index in [1.54, 1.807) is 0 Å². The predicted octanol–water partition coefficient (Wildman–Crippen LogP) is 4.46. The van der Waals surface area contributed by atoms with Gasteiger partial charge in [-0.2, -0.15) is 11.8 Å². The van der Waals surface area contributed by atoms with Gasteiger partial charge in [0.05, 0.1) is 0 Å². The van der Waals surface area contributed by atoms with Crippen LogP contribution in [0, 0.1) is 0 Å². The monoisotopic (exact) mass is 299 g/mol. The molecule has 1 aliphatic heterocycles. The Labute approximate surface area is 130 Å². The number of hydrogen-bond donors (Lipinski definition) is 1. The summed E-state index contributed by atoms with van der Waals surface area (Å²) in [6, 6.07) is 18.2. The first-order valence-electron chi connectivity index (χ1n) is 7.54. The van der Waals surface area contributed by atoms with Crippen LogP contribution in [0.4, 0.5) is 0 Å². The Hall–Kier alpha value is -1.45. The third kappa shape index (κ3) is 4.51. The maximum atomic E-state index is 5.87. The molecule has 21 heavy (non-hydrogen) atoms. The molecule has 0 aliphatic carbocycles. The van der Waals surface area contributed by atoms with Crippen LogP contribution in [0.2, 0.25) is 0 Å². The van der Waals surface area contributed by atoms with Crippen LogP contribution in [0.5, 0.6) is 11.5 Å². The maximum absolute atomic E-state index is 5.87. The second-order valence-electron chi connectivity index (χ2n) is 5.33. The minimum absolute atomic E-state index is 0.800. The van der Waals surface area contributed by atoms with Crippen molar-refractivity contribution >= 4 is 11.8 Å². The maximum Gasteiger partial charge on any atom is 0.127 e. The molecular formula is C18H21NOS. The van der Waals surface area contributed by atoms with E-state index in [2.05, 4.69) is 35.3 Å². The van der Waals surface area contributed by atoms with Gasteiger partial charge in [-0.05, 0) is 48.4 Å². The quantitative estimate of drug-likeness (QED) is 0.850. The Kier molecular flexibility index (Phi) is 5.19. The molecule has 1 atom stereocenters. The fourth-order valence-electron chi connectivity index (χ4n) is 2.53. The standard InChI is InChI=1S/C18H21NOS/c1-2-7-16(8-3-1)20-17-9-4-6-15(12-17)13-19-14-18-10-5-11-21-18/h1-4,6-9,12,18-19H,5,10-11,13-14H2. The van der Waals surface area contributed by atoms with Crippen molar-refractivity contribution in [2.45, 2.75) is 24.6 Å². The third-order valence-corrected chi connectivity index (χ3v) is 5.00. The first-order valence-corrected chi connectivity index (χ1v) is 8.59. The minimum Gasteiger partial charge on any atom is -0.457 e. The first-order chi connectivity index (χ1) is 10.4. The van der Waals surface area contributed by atoms with Crippen LogP contribution in [0.15, 0.2) is 54.6 Å². The Morgan fingerprint density at radius 3 is 2.71 bits per heavy atom. The van der Waals surface area contributed by atoms with E-state index in [1.165, 1.54) is 24.2 Å². The summed E-state index contributed by atoms with van der Waals surface area (Å²) in [4.78, 5) is 0. The average Bonchev–Trinajstić information content (AvgIpc) is 3.02. The molecule has 1 heterocycles. The van der Waals surface area contributed by atoms with Gasteiger partial charge in [0.2, 0.25) is 0 Å². The fourth-order valence-corrected chi connectivity index (χ4v) is 3.76. The van der Waals surface area contributed by atoms with Gasteiger partial charge in [0.1, 0.15) is 11.5 Å². The molecule has 1 aliphatic rings. The molecule has 0 aromatic heterocycles. The summed E-state index contributed by atoms with van der Waals surface area (Å²) in [7, 11) is 0. The molecule has 1 saturated heterocycles. The number of nitrogens with one attached hydrogen (secondary N) is 1. The normalized spacial score (nSPS) is 17.8. The Morgan fingerprint density at radius 2 is 1.90 bits per heavy atom. The first kappa shape index (κ1) is 14.5. The van der Waals surface area contributed by atoms with E-state index in [4.69, 9.17) is 4.74 Å². The zero-order valence-electron chi connectivity index (χ0n) is 12.1. The van der Waals surface area contributed by atoms with Gasteiger partial charge in [0.15, 0.2) is 0 Å². The molecule has 1 unspecified atom stereocenters. The fraction of sp³-hybridized carbons (Fsp3) is 0.333. The van der Waals surface area contributed by atoms with Gasteiger partial charge in [-0.15, -0.1) is 0 Å². The highest BCUT2D eigenvalue weighted by molar-refractivity contribution is 8.00. The molecule has 110 valence electrons. The van der Waals surface area contributed by atoms with Crippen molar-refractivity contribution in [3.8, 4) is 11.5 Å². The zero-order valence-corrected chi connectivity index (χ0v) is 12.9. The number of rotatable bonds is 6. The second-order valence-corrected chi connectivity index (χ2v) is 6.74. The van der Waals surface area contributed by atoms with Crippen LogP contribution in [-0.2, 0) is 6.54 Å². The summed E-state index contributed by atoms with van der Waals surface area (Å²) in [5, 5.41) is 4.36. The van der Waals surface area contributed by atoms with E-state index in [9.17, 15) is 0 Å². The van der Waals surface area contributed by atoms with Crippen molar-refractivity contribution in [1.29, 1.82) is 0 Å².